The summed E-state index contributed by atoms with van der Waals surface area (Å²) in [6.45, 7) is 3.84. The zero-order chi connectivity index (χ0) is 20.2. The van der Waals surface area contributed by atoms with Gasteiger partial charge in [0.05, 0.1) is 17.1 Å². The molecule has 29 heavy (non-hydrogen) atoms. The summed E-state index contributed by atoms with van der Waals surface area (Å²) in [5, 5.41) is 1.83. The fraction of sp³-hybridized carbons (Fsp3) is 0.261. The largest absolute Gasteiger partial charge is 0.494 e. The zero-order valence-corrected chi connectivity index (χ0v) is 17.0. The molecule has 0 spiro atoms. The fourth-order valence-electron chi connectivity index (χ4n) is 3.56. The lowest BCUT2D eigenvalue weighted by Crippen LogP contribution is -2.37. The quantitative estimate of drug-likeness (QED) is 0.627. The zero-order valence-electron chi connectivity index (χ0n) is 16.3. The Bertz CT molecular complexity index is 1040. The Morgan fingerprint density at radius 2 is 1.90 bits per heavy atom. The number of H-pyrrole nitrogens is 1. The molecule has 0 saturated carbocycles. The van der Waals surface area contributed by atoms with Gasteiger partial charge in [0.1, 0.15) is 11.5 Å². The maximum Gasteiger partial charge on any atom is 0.260 e. The molecule has 0 aliphatic carbocycles. The van der Waals surface area contributed by atoms with Crippen molar-refractivity contribution in [3.05, 3.63) is 65.3 Å². The number of hydrogen-bond acceptors (Lipinski definition) is 3. The van der Waals surface area contributed by atoms with Gasteiger partial charge in [-0.1, -0.05) is 29.8 Å². The van der Waals surface area contributed by atoms with Crippen molar-refractivity contribution in [3.63, 3.8) is 0 Å². The van der Waals surface area contributed by atoms with Gasteiger partial charge in [0.2, 0.25) is 0 Å². The van der Waals surface area contributed by atoms with Crippen molar-refractivity contribution >= 4 is 34.0 Å². The Kier molecular flexibility index (Phi) is 5.76. The van der Waals surface area contributed by atoms with E-state index in [1.54, 1.807) is 0 Å². The van der Waals surface area contributed by atoms with Crippen LogP contribution in [0.3, 0.4) is 0 Å². The van der Waals surface area contributed by atoms with Gasteiger partial charge < -0.3 is 19.4 Å². The molecule has 1 aromatic heterocycles. The highest BCUT2D eigenvalue weighted by Crippen LogP contribution is 2.32. The van der Waals surface area contributed by atoms with E-state index in [0.717, 1.165) is 28.6 Å². The van der Waals surface area contributed by atoms with E-state index in [1.807, 2.05) is 54.4 Å². The number of fused-ring (bicyclic) bond motifs is 1. The van der Waals surface area contributed by atoms with E-state index in [4.69, 9.17) is 21.1 Å². The summed E-state index contributed by atoms with van der Waals surface area (Å²) in [6.07, 6.45) is 4.91. The molecule has 3 aromatic rings. The van der Waals surface area contributed by atoms with Gasteiger partial charge in [0, 0.05) is 30.2 Å². The highest BCUT2D eigenvalue weighted by molar-refractivity contribution is 6.35. The van der Waals surface area contributed by atoms with Crippen LogP contribution >= 0.6 is 11.6 Å². The van der Waals surface area contributed by atoms with Crippen LogP contribution in [0.5, 0.6) is 11.5 Å². The Balaban J connectivity index is 1.36. The van der Waals surface area contributed by atoms with Crippen molar-refractivity contribution in [2.45, 2.75) is 13.3 Å². The predicted octanol–water partition coefficient (Wildman–Crippen LogP) is 4.91. The van der Waals surface area contributed by atoms with Crippen molar-refractivity contribution in [1.82, 2.24) is 9.88 Å². The van der Waals surface area contributed by atoms with Crippen LogP contribution in [0.25, 0.3) is 16.5 Å². The smallest absolute Gasteiger partial charge is 0.260 e. The molecule has 2 heterocycles. The molecule has 0 atom stereocenters. The Hall–Kier alpha value is -2.92. The summed E-state index contributed by atoms with van der Waals surface area (Å²) < 4.78 is 11.0. The van der Waals surface area contributed by atoms with Gasteiger partial charge in [0.15, 0.2) is 6.61 Å². The van der Waals surface area contributed by atoms with Crippen LogP contribution in [0.1, 0.15) is 18.9 Å². The molecule has 1 aliphatic heterocycles. The van der Waals surface area contributed by atoms with E-state index in [-0.39, 0.29) is 12.5 Å². The molecule has 6 heteroatoms. The topological polar surface area (TPSA) is 54.6 Å². The number of para-hydroxylation sites is 1. The number of rotatable bonds is 6. The number of carbonyl (C=O) groups is 1. The summed E-state index contributed by atoms with van der Waals surface area (Å²) in [7, 11) is 0. The lowest BCUT2D eigenvalue weighted by Gasteiger charge is -2.26. The molecule has 150 valence electrons. The molecule has 0 unspecified atom stereocenters. The van der Waals surface area contributed by atoms with Gasteiger partial charge in [-0.15, -0.1) is 0 Å². The third-order valence-corrected chi connectivity index (χ3v) is 5.38. The number of nitrogens with one attached hydrogen (secondary N) is 1. The highest BCUT2D eigenvalue weighted by Gasteiger charge is 2.20. The minimum absolute atomic E-state index is 0.0174. The van der Waals surface area contributed by atoms with Crippen molar-refractivity contribution in [2.24, 2.45) is 0 Å². The average molecular weight is 411 g/mol. The third kappa shape index (κ3) is 4.25. The van der Waals surface area contributed by atoms with Crippen molar-refractivity contribution in [2.75, 3.05) is 26.3 Å². The molecule has 0 radical (unpaired) electrons. The van der Waals surface area contributed by atoms with Crippen molar-refractivity contribution in [3.8, 4) is 11.5 Å². The monoisotopic (exact) mass is 410 g/mol. The molecule has 0 fully saturated rings. The Morgan fingerprint density at radius 1 is 1.14 bits per heavy atom. The van der Waals surface area contributed by atoms with E-state index < -0.39 is 0 Å². The number of ether oxygens (including phenoxy) is 2. The standard InChI is InChI=1S/C23H23ClN2O3/c1-2-28-17-6-8-18(9-7-17)29-15-22(27)26-12-10-16(11-13-26)20-14-25-23-19(20)4-3-5-21(23)24/h3-10,14,25H,2,11-13,15H2,1H3. The normalized spacial score (nSPS) is 14.0. The molecular formula is C23H23ClN2O3. The molecule has 0 bridgehead atoms. The first-order valence-electron chi connectivity index (χ1n) is 9.74. The van der Waals surface area contributed by atoms with Gasteiger partial charge in [-0.3, -0.25) is 4.79 Å². The molecule has 0 saturated heterocycles. The minimum Gasteiger partial charge on any atom is -0.494 e. The first-order chi connectivity index (χ1) is 14.2. The van der Waals surface area contributed by atoms with E-state index in [9.17, 15) is 4.79 Å². The lowest BCUT2D eigenvalue weighted by atomic mass is 9.99. The SMILES string of the molecule is CCOc1ccc(OCC(=O)N2CC=C(c3c[nH]c4c(Cl)cccc34)CC2)cc1. The van der Waals surface area contributed by atoms with Gasteiger partial charge in [-0.05, 0) is 49.2 Å². The number of aromatic nitrogens is 1. The predicted molar refractivity (Wildman–Crippen MR) is 116 cm³/mol. The second kappa shape index (κ2) is 8.62. The maximum atomic E-state index is 12.5. The van der Waals surface area contributed by atoms with Crippen LogP contribution < -0.4 is 9.47 Å². The minimum atomic E-state index is -0.0174. The van der Waals surface area contributed by atoms with E-state index in [1.165, 1.54) is 5.57 Å². The molecule has 2 aromatic carbocycles. The molecule has 1 amide bonds. The summed E-state index contributed by atoms with van der Waals surface area (Å²) in [5.74, 6) is 1.43. The molecular weight excluding hydrogens is 388 g/mol. The highest BCUT2D eigenvalue weighted by atomic mass is 35.5. The van der Waals surface area contributed by atoms with Crippen LogP contribution in [-0.4, -0.2) is 42.1 Å². The summed E-state index contributed by atoms with van der Waals surface area (Å²) >= 11 is 6.26. The third-order valence-electron chi connectivity index (χ3n) is 5.07. The Morgan fingerprint density at radius 3 is 2.59 bits per heavy atom. The first kappa shape index (κ1) is 19.4. The molecule has 4 rings (SSSR count). The van der Waals surface area contributed by atoms with Crippen molar-refractivity contribution in [1.29, 1.82) is 0 Å². The number of nitrogens with zero attached hydrogens (tertiary/aromatic N) is 1. The van der Waals surface area contributed by atoms with E-state index in [0.29, 0.717) is 30.5 Å². The number of amides is 1. The van der Waals surface area contributed by atoms with Gasteiger partial charge in [-0.2, -0.15) is 0 Å². The van der Waals surface area contributed by atoms with Crippen LogP contribution in [0.2, 0.25) is 5.02 Å². The van der Waals surface area contributed by atoms with Gasteiger partial charge in [0.25, 0.3) is 5.91 Å². The maximum absolute atomic E-state index is 12.5. The summed E-state index contributed by atoms with van der Waals surface area (Å²) in [6, 6.07) is 13.2. The average Bonchev–Trinajstić information content (AvgIpc) is 3.19. The number of halogens is 1. The number of benzene rings is 2. The van der Waals surface area contributed by atoms with Crippen LogP contribution in [0, 0.1) is 0 Å². The molecule has 1 N–H and O–H groups in total. The Labute approximate surface area is 174 Å². The van der Waals surface area contributed by atoms with Crippen LogP contribution in [0.4, 0.5) is 0 Å². The summed E-state index contributed by atoms with van der Waals surface area (Å²) in [4.78, 5) is 17.6. The first-order valence-corrected chi connectivity index (χ1v) is 10.1. The molecule has 1 aliphatic rings. The number of carbonyl (C=O) groups excluding carboxylic acids is 1. The van der Waals surface area contributed by atoms with Crippen molar-refractivity contribution < 1.29 is 14.3 Å². The molecule has 5 nitrogen and oxygen atoms in total. The number of aromatic amines is 1. The second-order valence-electron chi connectivity index (χ2n) is 6.88. The summed E-state index contributed by atoms with van der Waals surface area (Å²) in [5.41, 5.74) is 3.34. The number of hydrogen-bond donors (Lipinski definition) is 1. The van der Waals surface area contributed by atoms with Crippen LogP contribution in [0.15, 0.2) is 54.7 Å². The fourth-order valence-corrected chi connectivity index (χ4v) is 3.79. The van der Waals surface area contributed by atoms with Gasteiger partial charge in [-0.25, -0.2) is 0 Å². The lowest BCUT2D eigenvalue weighted by molar-refractivity contribution is -0.132. The van der Waals surface area contributed by atoms with Crippen LogP contribution in [-0.2, 0) is 4.79 Å². The van der Waals surface area contributed by atoms with E-state index in [2.05, 4.69) is 17.1 Å². The van der Waals surface area contributed by atoms with E-state index >= 15 is 0 Å². The second-order valence-corrected chi connectivity index (χ2v) is 7.28. The van der Waals surface area contributed by atoms with Gasteiger partial charge >= 0.3 is 0 Å².